The molecule has 0 aromatic heterocycles. The summed E-state index contributed by atoms with van der Waals surface area (Å²) in [6.07, 6.45) is 8.71. The molecule has 1 aliphatic heterocycles. The van der Waals surface area contributed by atoms with Crippen molar-refractivity contribution < 1.29 is 4.79 Å². The number of hydrogen-bond donors (Lipinski definition) is 1. The van der Waals surface area contributed by atoms with E-state index in [-0.39, 0.29) is 5.91 Å². The fourth-order valence-corrected chi connectivity index (χ4v) is 2.46. The molecule has 1 rings (SSSR count). The van der Waals surface area contributed by atoms with Crippen molar-refractivity contribution in [1.82, 2.24) is 5.32 Å². The van der Waals surface area contributed by atoms with Gasteiger partial charge in [-0.05, 0) is 24.5 Å². The molecule has 12 heavy (non-hydrogen) atoms. The molecule has 1 amide bonds. The van der Waals surface area contributed by atoms with Gasteiger partial charge in [0.05, 0.1) is 0 Å². The van der Waals surface area contributed by atoms with E-state index in [0.29, 0.717) is 5.25 Å². The van der Waals surface area contributed by atoms with Gasteiger partial charge in [0.1, 0.15) is 0 Å². The molecule has 1 fully saturated rings. The van der Waals surface area contributed by atoms with Crippen LogP contribution in [-0.4, -0.2) is 23.5 Å². The Morgan fingerprint density at radius 2 is 2.50 bits per heavy atom. The van der Waals surface area contributed by atoms with Crippen LogP contribution in [0.3, 0.4) is 0 Å². The Morgan fingerprint density at radius 1 is 1.67 bits per heavy atom. The summed E-state index contributed by atoms with van der Waals surface area (Å²) in [7, 11) is 0. The minimum absolute atomic E-state index is 0.291. The van der Waals surface area contributed by atoms with Gasteiger partial charge in [0.2, 0.25) is 0 Å². The summed E-state index contributed by atoms with van der Waals surface area (Å²) in [6, 6.07) is 0. The average molecular weight is 183 g/mol. The lowest BCUT2D eigenvalue weighted by molar-refractivity contribution is -0.115. The van der Waals surface area contributed by atoms with Crippen LogP contribution in [0.5, 0.6) is 0 Å². The first kappa shape index (κ1) is 9.47. The second-order valence-corrected chi connectivity index (χ2v) is 4.25. The van der Waals surface area contributed by atoms with E-state index in [4.69, 9.17) is 6.42 Å². The first-order valence-corrected chi connectivity index (χ1v) is 5.24. The zero-order valence-electron chi connectivity index (χ0n) is 7.01. The van der Waals surface area contributed by atoms with Crippen molar-refractivity contribution in [3.63, 3.8) is 0 Å². The Labute approximate surface area is 77.5 Å². The molecule has 1 unspecified atom stereocenters. The molecule has 0 bridgehead atoms. The molecule has 0 spiro atoms. The Bertz CT molecular complexity index is 191. The van der Waals surface area contributed by atoms with Gasteiger partial charge in [-0.15, -0.1) is 6.42 Å². The van der Waals surface area contributed by atoms with Crippen molar-refractivity contribution in [2.45, 2.75) is 24.5 Å². The molecule has 1 saturated heterocycles. The van der Waals surface area contributed by atoms with Crippen molar-refractivity contribution in [3.8, 4) is 12.3 Å². The van der Waals surface area contributed by atoms with Gasteiger partial charge in [-0.2, -0.15) is 11.8 Å². The molecule has 1 N–H and O–H groups in total. The molecule has 0 aromatic carbocycles. The number of hydrogen-bond acceptors (Lipinski definition) is 2. The maximum atomic E-state index is 10.7. The zero-order chi connectivity index (χ0) is 8.81. The lowest BCUT2D eigenvalue weighted by atomic mass is 10.2. The number of thioether (sulfide) groups is 1. The highest BCUT2D eigenvalue weighted by atomic mass is 32.2. The normalized spacial score (nSPS) is 22.8. The van der Waals surface area contributed by atoms with Crippen molar-refractivity contribution in [2.24, 2.45) is 0 Å². The summed E-state index contributed by atoms with van der Waals surface area (Å²) >= 11 is 1.93. The molecule has 0 radical (unpaired) electrons. The van der Waals surface area contributed by atoms with Gasteiger partial charge in [-0.1, -0.05) is 6.42 Å². The number of nitrogens with one attached hydrogen (secondary N) is 1. The Balaban J connectivity index is 2.14. The van der Waals surface area contributed by atoms with Crippen LogP contribution in [0.4, 0.5) is 0 Å². The summed E-state index contributed by atoms with van der Waals surface area (Å²) in [5.41, 5.74) is 0. The number of rotatable bonds is 2. The Hall–Kier alpha value is -0.620. The standard InChI is InChI=1S/C9H13NOS/c1-2-9(11)10-7-8-5-3-4-6-12-8/h1,8H,3-7H2,(H,10,11). The van der Waals surface area contributed by atoms with Crippen molar-refractivity contribution >= 4 is 17.7 Å². The van der Waals surface area contributed by atoms with E-state index in [1.54, 1.807) is 0 Å². The SMILES string of the molecule is C#CC(=O)NCC1CCCCS1. The third kappa shape index (κ3) is 3.19. The third-order valence-electron chi connectivity index (χ3n) is 1.90. The van der Waals surface area contributed by atoms with Gasteiger partial charge < -0.3 is 5.32 Å². The van der Waals surface area contributed by atoms with Crippen molar-refractivity contribution in [1.29, 1.82) is 0 Å². The lowest BCUT2D eigenvalue weighted by Crippen LogP contribution is -2.30. The van der Waals surface area contributed by atoms with Crippen LogP contribution in [0.2, 0.25) is 0 Å². The van der Waals surface area contributed by atoms with E-state index >= 15 is 0 Å². The van der Waals surface area contributed by atoms with Crippen molar-refractivity contribution in [2.75, 3.05) is 12.3 Å². The van der Waals surface area contributed by atoms with Crippen LogP contribution in [0.25, 0.3) is 0 Å². The van der Waals surface area contributed by atoms with E-state index in [9.17, 15) is 4.79 Å². The second kappa shape index (κ2) is 5.10. The maximum absolute atomic E-state index is 10.7. The molecular formula is C9H13NOS. The summed E-state index contributed by atoms with van der Waals surface area (Å²) in [4.78, 5) is 10.7. The molecule has 66 valence electrons. The topological polar surface area (TPSA) is 29.1 Å². The molecule has 2 nitrogen and oxygen atoms in total. The van der Waals surface area contributed by atoms with Gasteiger partial charge in [0, 0.05) is 11.8 Å². The first-order valence-electron chi connectivity index (χ1n) is 4.19. The van der Waals surface area contributed by atoms with E-state index in [1.807, 2.05) is 17.7 Å². The third-order valence-corrected chi connectivity index (χ3v) is 3.29. The van der Waals surface area contributed by atoms with Gasteiger partial charge in [0.15, 0.2) is 0 Å². The van der Waals surface area contributed by atoms with E-state index in [0.717, 1.165) is 6.54 Å². The predicted octanol–water partition coefficient (Wildman–Crippen LogP) is 1.02. The van der Waals surface area contributed by atoms with Crippen LogP contribution in [0.15, 0.2) is 0 Å². The lowest BCUT2D eigenvalue weighted by Gasteiger charge is -2.20. The molecular weight excluding hydrogens is 170 g/mol. The van der Waals surface area contributed by atoms with Gasteiger partial charge >= 0.3 is 0 Å². The fraction of sp³-hybridized carbons (Fsp3) is 0.667. The van der Waals surface area contributed by atoms with Crippen LogP contribution in [0, 0.1) is 12.3 Å². The Kier molecular flexibility index (Phi) is 4.02. The molecule has 0 aliphatic carbocycles. The molecule has 1 atom stereocenters. The van der Waals surface area contributed by atoms with Gasteiger partial charge in [-0.25, -0.2) is 0 Å². The maximum Gasteiger partial charge on any atom is 0.295 e. The number of terminal acetylenes is 1. The van der Waals surface area contributed by atoms with Crippen LogP contribution in [0.1, 0.15) is 19.3 Å². The molecule has 0 aromatic rings. The van der Waals surface area contributed by atoms with Crippen LogP contribution in [-0.2, 0) is 4.79 Å². The summed E-state index contributed by atoms with van der Waals surface area (Å²) < 4.78 is 0. The molecule has 3 heteroatoms. The average Bonchev–Trinajstić information content (AvgIpc) is 2.16. The summed E-state index contributed by atoms with van der Waals surface area (Å²) in [6.45, 7) is 0.730. The predicted molar refractivity (Wildman–Crippen MR) is 51.9 cm³/mol. The first-order chi connectivity index (χ1) is 5.83. The van der Waals surface area contributed by atoms with E-state index < -0.39 is 0 Å². The smallest absolute Gasteiger partial charge is 0.295 e. The summed E-state index contributed by atoms with van der Waals surface area (Å²) in [5.74, 6) is 2.97. The fourth-order valence-electron chi connectivity index (χ4n) is 1.23. The van der Waals surface area contributed by atoms with Crippen LogP contribution >= 0.6 is 11.8 Å². The number of amides is 1. The second-order valence-electron chi connectivity index (χ2n) is 2.84. The monoisotopic (exact) mass is 183 g/mol. The highest BCUT2D eigenvalue weighted by Gasteiger charge is 2.13. The summed E-state index contributed by atoms with van der Waals surface area (Å²) in [5, 5.41) is 3.29. The van der Waals surface area contributed by atoms with E-state index in [1.165, 1.54) is 25.0 Å². The number of carbonyl (C=O) groups excluding carboxylic acids is 1. The zero-order valence-corrected chi connectivity index (χ0v) is 7.82. The molecule has 1 heterocycles. The minimum Gasteiger partial charge on any atom is -0.344 e. The molecule has 0 saturated carbocycles. The number of carbonyl (C=O) groups is 1. The van der Waals surface area contributed by atoms with Gasteiger partial charge in [0.25, 0.3) is 5.91 Å². The molecule has 1 aliphatic rings. The minimum atomic E-state index is -0.291. The largest absolute Gasteiger partial charge is 0.344 e. The van der Waals surface area contributed by atoms with Gasteiger partial charge in [-0.3, -0.25) is 4.79 Å². The Morgan fingerprint density at radius 3 is 3.08 bits per heavy atom. The van der Waals surface area contributed by atoms with Crippen LogP contribution < -0.4 is 5.32 Å². The van der Waals surface area contributed by atoms with E-state index in [2.05, 4.69) is 5.32 Å². The quantitative estimate of drug-likeness (QED) is 0.648. The highest BCUT2D eigenvalue weighted by molar-refractivity contribution is 7.99. The van der Waals surface area contributed by atoms with Crippen molar-refractivity contribution in [3.05, 3.63) is 0 Å². The highest BCUT2D eigenvalue weighted by Crippen LogP contribution is 2.23.